The fraction of sp³-hybridized carbons (Fsp3) is 0.786. The van der Waals surface area contributed by atoms with Gasteiger partial charge in [-0.25, -0.2) is 0 Å². The molecule has 1 rings (SSSR count). The van der Waals surface area contributed by atoms with Crippen molar-refractivity contribution in [1.29, 1.82) is 0 Å². The standard InChI is InChI=1S/C14H27N3/c1-6-17-10-14(9-15-17)13(5)16-12(4)8-7-11(2)3/h9-13,16H,6-8H2,1-5H3. The molecular weight excluding hydrogens is 210 g/mol. The Morgan fingerprint density at radius 2 is 1.94 bits per heavy atom. The molecule has 17 heavy (non-hydrogen) atoms. The van der Waals surface area contributed by atoms with Gasteiger partial charge in [0.25, 0.3) is 0 Å². The first-order chi connectivity index (χ1) is 8.02. The molecule has 0 saturated heterocycles. The Kier molecular flexibility index (Phi) is 5.69. The first-order valence-electron chi connectivity index (χ1n) is 6.81. The Hall–Kier alpha value is -0.830. The molecule has 1 N–H and O–H groups in total. The van der Waals surface area contributed by atoms with Crippen LogP contribution in [0.3, 0.4) is 0 Å². The highest BCUT2D eigenvalue weighted by Gasteiger charge is 2.11. The van der Waals surface area contributed by atoms with Gasteiger partial charge in [0.05, 0.1) is 6.20 Å². The van der Waals surface area contributed by atoms with Crippen molar-refractivity contribution in [3.63, 3.8) is 0 Å². The van der Waals surface area contributed by atoms with Gasteiger partial charge in [-0.05, 0) is 39.5 Å². The number of aryl methyl sites for hydroxylation is 1. The van der Waals surface area contributed by atoms with E-state index in [9.17, 15) is 0 Å². The maximum atomic E-state index is 4.31. The number of nitrogens with one attached hydrogen (secondary N) is 1. The highest BCUT2D eigenvalue weighted by atomic mass is 15.3. The van der Waals surface area contributed by atoms with Crippen LogP contribution >= 0.6 is 0 Å². The quantitative estimate of drug-likeness (QED) is 0.788. The van der Waals surface area contributed by atoms with Crippen molar-refractivity contribution in [2.75, 3.05) is 0 Å². The summed E-state index contributed by atoms with van der Waals surface area (Å²) < 4.78 is 1.98. The van der Waals surface area contributed by atoms with Gasteiger partial charge in [0.15, 0.2) is 0 Å². The van der Waals surface area contributed by atoms with Crippen molar-refractivity contribution >= 4 is 0 Å². The lowest BCUT2D eigenvalue weighted by Gasteiger charge is -2.19. The molecule has 0 fully saturated rings. The van der Waals surface area contributed by atoms with Crippen molar-refractivity contribution < 1.29 is 0 Å². The molecule has 0 saturated carbocycles. The van der Waals surface area contributed by atoms with Crippen LogP contribution in [0, 0.1) is 5.92 Å². The van der Waals surface area contributed by atoms with Crippen LogP contribution in [0.2, 0.25) is 0 Å². The van der Waals surface area contributed by atoms with E-state index in [0.717, 1.165) is 12.5 Å². The lowest BCUT2D eigenvalue weighted by molar-refractivity contribution is 0.417. The summed E-state index contributed by atoms with van der Waals surface area (Å²) in [5.74, 6) is 0.789. The fourth-order valence-corrected chi connectivity index (χ4v) is 1.97. The third-order valence-electron chi connectivity index (χ3n) is 3.19. The van der Waals surface area contributed by atoms with Crippen molar-refractivity contribution in [1.82, 2.24) is 15.1 Å². The van der Waals surface area contributed by atoms with Gasteiger partial charge in [0.1, 0.15) is 0 Å². The van der Waals surface area contributed by atoms with Gasteiger partial charge in [-0.3, -0.25) is 4.68 Å². The zero-order valence-electron chi connectivity index (χ0n) is 11.9. The van der Waals surface area contributed by atoms with E-state index in [1.807, 2.05) is 10.9 Å². The Morgan fingerprint density at radius 3 is 2.47 bits per heavy atom. The Balaban J connectivity index is 2.39. The normalized spacial score (nSPS) is 15.2. The molecule has 0 aromatic carbocycles. The summed E-state index contributed by atoms with van der Waals surface area (Å²) in [7, 11) is 0. The molecule has 0 aliphatic carbocycles. The van der Waals surface area contributed by atoms with E-state index < -0.39 is 0 Å². The van der Waals surface area contributed by atoms with Gasteiger partial charge in [0, 0.05) is 30.4 Å². The smallest absolute Gasteiger partial charge is 0.0537 e. The Labute approximate surface area is 106 Å². The minimum atomic E-state index is 0.387. The Morgan fingerprint density at radius 1 is 1.24 bits per heavy atom. The fourth-order valence-electron chi connectivity index (χ4n) is 1.97. The van der Waals surface area contributed by atoms with E-state index >= 15 is 0 Å². The molecule has 0 aliphatic rings. The lowest BCUT2D eigenvalue weighted by Crippen LogP contribution is -2.29. The van der Waals surface area contributed by atoms with E-state index in [4.69, 9.17) is 0 Å². The average molecular weight is 237 g/mol. The summed E-state index contributed by atoms with van der Waals surface area (Å²) in [5, 5.41) is 7.95. The third-order valence-corrected chi connectivity index (χ3v) is 3.19. The predicted molar refractivity (Wildman–Crippen MR) is 73.0 cm³/mol. The summed E-state index contributed by atoms with van der Waals surface area (Å²) in [6.45, 7) is 12.1. The maximum absolute atomic E-state index is 4.31. The molecule has 98 valence electrons. The van der Waals surface area contributed by atoms with Crippen LogP contribution in [0.4, 0.5) is 0 Å². The number of rotatable bonds is 7. The van der Waals surface area contributed by atoms with Gasteiger partial charge < -0.3 is 5.32 Å². The molecular formula is C14H27N3. The molecule has 0 bridgehead atoms. The monoisotopic (exact) mass is 237 g/mol. The molecule has 2 unspecified atom stereocenters. The van der Waals surface area contributed by atoms with E-state index in [1.54, 1.807) is 0 Å². The number of hydrogen-bond donors (Lipinski definition) is 1. The third kappa shape index (κ3) is 4.90. The second kappa shape index (κ2) is 6.80. The van der Waals surface area contributed by atoms with Crippen LogP contribution in [0.25, 0.3) is 0 Å². The molecule has 0 aliphatic heterocycles. The van der Waals surface area contributed by atoms with Crippen LogP contribution in [-0.2, 0) is 6.54 Å². The van der Waals surface area contributed by atoms with Crippen LogP contribution in [0.5, 0.6) is 0 Å². The Bertz CT molecular complexity index is 317. The largest absolute Gasteiger partial charge is 0.308 e. The molecule has 1 aromatic rings. The van der Waals surface area contributed by atoms with Gasteiger partial charge in [0.2, 0.25) is 0 Å². The second-order valence-electron chi connectivity index (χ2n) is 5.39. The molecule has 0 amide bonds. The summed E-state index contributed by atoms with van der Waals surface area (Å²) in [5.41, 5.74) is 1.28. The van der Waals surface area contributed by atoms with Crippen LogP contribution in [-0.4, -0.2) is 15.8 Å². The van der Waals surface area contributed by atoms with Crippen LogP contribution in [0.15, 0.2) is 12.4 Å². The molecule has 0 spiro atoms. The average Bonchev–Trinajstić information content (AvgIpc) is 2.74. The topological polar surface area (TPSA) is 29.9 Å². The van der Waals surface area contributed by atoms with Crippen LogP contribution < -0.4 is 5.32 Å². The number of nitrogens with zero attached hydrogens (tertiary/aromatic N) is 2. The highest BCUT2D eigenvalue weighted by Crippen LogP contribution is 2.14. The highest BCUT2D eigenvalue weighted by molar-refractivity contribution is 5.09. The first kappa shape index (κ1) is 14.2. The van der Waals surface area contributed by atoms with E-state index in [-0.39, 0.29) is 0 Å². The molecule has 3 nitrogen and oxygen atoms in total. The molecule has 3 heteroatoms. The minimum absolute atomic E-state index is 0.387. The van der Waals surface area contributed by atoms with Gasteiger partial charge in [-0.1, -0.05) is 13.8 Å². The lowest BCUT2D eigenvalue weighted by atomic mass is 10.0. The summed E-state index contributed by atoms with van der Waals surface area (Å²) >= 11 is 0. The van der Waals surface area contributed by atoms with Crippen molar-refractivity contribution in [2.45, 2.75) is 66.1 Å². The van der Waals surface area contributed by atoms with Crippen LogP contribution in [0.1, 0.15) is 59.1 Å². The number of hydrogen-bond acceptors (Lipinski definition) is 2. The SMILES string of the molecule is CCn1cc(C(C)NC(C)CCC(C)C)cn1. The maximum Gasteiger partial charge on any atom is 0.0537 e. The van der Waals surface area contributed by atoms with E-state index in [1.165, 1.54) is 18.4 Å². The number of aromatic nitrogens is 2. The van der Waals surface area contributed by atoms with Gasteiger partial charge >= 0.3 is 0 Å². The molecule has 2 atom stereocenters. The van der Waals surface area contributed by atoms with E-state index in [0.29, 0.717) is 12.1 Å². The zero-order chi connectivity index (χ0) is 12.8. The minimum Gasteiger partial charge on any atom is -0.308 e. The summed E-state index contributed by atoms with van der Waals surface area (Å²) in [6.07, 6.45) is 6.63. The van der Waals surface area contributed by atoms with Crippen molar-refractivity contribution in [3.05, 3.63) is 18.0 Å². The van der Waals surface area contributed by atoms with Crippen molar-refractivity contribution in [3.8, 4) is 0 Å². The van der Waals surface area contributed by atoms with Crippen molar-refractivity contribution in [2.24, 2.45) is 5.92 Å². The predicted octanol–water partition coefficient (Wildman–Crippen LogP) is 3.38. The van der Waals surface area contributed by atoms with E-state index in [2.05, 4.69) is 51.2 Å². The molecule has 1 aromatic heterocycles. The summed E-state index contributed by atoms with van der Waals surface area (Å²) in [4.78, 5) is 0. The summed E-state index contributed by atoms with van der Waals surface area (Å²) in [6, 6.07) is 0.954. The van der Waals surface area contributed by atoms with Gasteiger partial charge in [-0.2, -0.15) is 5.10 Å². The molecule has 0 radical (unpaired) electrons. The van der Waals surface area contributed by atoms with Gasteiger partial charge in [-0.15, -0.1) is 0 Å². The second-order valence-corrected chi connectivity index (χ2v) is 5.39. The molecule has 1 heterocycles. The zero-order valence-corrected chi connectivity index (χ0v) is 11.9. The first-order valence-corrected chi connectivity index (χ1v) is 6.81.